The number of hydrogen-bond acceptors (Lipinski definition) is 4. The lowest BCUT2D eigenvalue weighted by Crippen LogP contribution is -2.37. The first kappa shape index (κ1) is 21.3. The first-order chi connectivity index (χ1) is 13.8. The molecule has 0 radical (unpaired) electrons. The average molecular weight is 418 g/mol. The molecule has 2 aromatic carbocycles. The first-order valence-corrected chi connectivity index (χ1v) is 11.2. The Morgan fingerprint density at radius 1 is 1.03 bits per heavy atom. The molecule has 3 rings (SSSR count). The summed E-state index contributed by atoms with van der Waals surface area (Å²) in [7, 11) is -2.05. The SMILES string of the molecule is COc1ccc(S(=O)(=O)NCC2(Cc3ccc(CC(=O)O)cc3)CCCC2)cc1. The normalized spacial score (nSPS) is 15.9. The van der Waals surface area contributed by atoms with E-state index in [1.165, 1.54) is 0 Å². The number of carboxylic acids is 1. The fourth-order valence-electron chi connectivity index (χ4n) is 4.01. The molecule has 1 aliphatic rings. The van der Waals surface area contributed by atoms with E-state index in [0.717, 1.165) is 43.2 Å². The lowest BCUT2D eigenvalue weighted by atomic mass is 9.80. The molecule has 1 saturated carbocycles. The van der Waals surface area contributed by atoms with E-state index in [0.29, 0.717) is 12.3 Å². The smallest absolute Gasteiger partial charge is 0.307 e. The van der Waals surface area contributed by atoms with E-state index in [-0.39, 0.29) is 16.7 Å². The molecule has 6 nitrogen and oxygen atoms in total. The van der Waals surface area contributed by atoms with E-state index in [4.69, 9.17) is 9.84 Å². The Kier molecular flexibility index (Phi) is 6.59. The van der Waals surface area contributed by atoms with E-state index in [9.17, 15) is 13.2 Å². The van der Waals surface area contributed by atoms with Gasteiger partial charge in [-0.15, -0.1) is 0 Å². The van der Waals surface area contributed by atoms with Crippen LogP contribution in [0.3, 0.4) is 0 Å². The molecule has 0 unspecified atom stereocenters. The molecule has 1 fully saturated rings. The minimum Gasteiger partial charge on any atom is -0.497 e. The van der Waals surface area contributed by atoms with Crippen LogP contribution in [0.1, 0.15) is 36.8 Å². The molecule has 7 heteroatoms. The Labute approximate surface area is 172 Å². The molecule has 0 saturated heterocycles. The highest BCUT2D eigenvalue weighted by Gasteiger charge is 2.35. The highest BCUT2D eigenvalue weighted by Crippen LogP contribution is 2.40. The van der Waals surface area contributed by atoms with Crippen molar-refractivity contribution in [2.75, 3.05) is 13.7 Å². The molecule has 29 heavy (non-hydrogen) atoms. The minimum atomic E-state index is -3.59. The molecule has 2 N–H and O–H groups in total. The number of methoxy groups -OCH3 is 1. The zero-order valence-corrected chi connectivity index (χ0v) is 17.4. The summed E-state index contributed by atoms with van der Waals surface area (Å²) in [6.07, 6.45) is 4.88. The maximum absolute atomic E-state index is 12.7. The maximum atomic E-state index is 12.7. The van der Waals surface area contributed by atoms with Crippen molar-refractivity contribution in [3.05, 3.63) is 59.7 Å². The molecule has 1 aliphatic carbocycles. The maximum Gasteiger partial charge on any atom is 0.307 e. The monoisotopic (exact) mass is 417 g/mol. The van der Waals surface area contributed by atoms with Crippen LogP contribution < -0.4 is 9.46 Å². The number of rotatable bonds is 9. The molecule has 0 aromatic heterocycles. The van der Waals surface area contributed by atoms with Gasteiger partial charge in [-0.05, 0) is 60.1 Å². The molecule has 0 atom stereocenters. The Balaban J connectivity index is 1.69. The third kappa shape index (κ3) is 5.58. The van der Waals surface area contributed by atoms with Crippen LogP contribution in [0.2, 0.25) is 0 Å². The molecule has 0 bridgehead atoms. The molecular weight excluding hydrogens is 390 g/mol. The van der Waals surface area contributed by atoms with Gasteiger partial charge in [0.25, 0.3) is 0 Å². The van der Waals surface area contributed by atoms with Gasteiger partial charge in [0.1, 0.15) is 5.75 Å². The van der Waals surface area contributed by atoms with Crippen LogP contribution in [-0.2, 0) is 27.7 Å². The first-order valence-electron chi connectivity index (χ1n) is 9.75. The number of nitrogens with one attached hydrogen (secondary N) is 1. The van der Waals surface area contributed by atoms with Crippen molar-refractivity contribution in [3.8, 4) is 5.75 Å². The third-order valence-electron chi connectivity index (χ3n) is 5.63. The molecule has 156 valence electrons. The molecule has 0 spiro atoms. The number of hydrogen-bond donors (Lipinski definition) is 2. The van der Waals surface area contributed by atoms with Crippen molar-refractivity contribution >= 4 is 16.0 Å². The molecule has 0 heterocycles. The molecule has 0 aliphatic heterocycles. The van der Waals surface area contributed by atoms with Crippen molar-refractivity contribution in [2.45, 2.75) is 43.4 Å². The van der Waals surface area contributed by atoms with Crippen LogP contribution >= 0.6 is 0 Å². The van der Waals surface area contributed by atoms with Crippen LogP contribution in [0.15, 0.2) is 53.4 Å². The highest BCUT2D eigenvalue weighted by molar-refractivity contribution is 7.89. The Bertz CT molecular complexity index is 930. The number of benzene rings is 2. The van der Waals surface area contributed by atoms with Gasteiger partial charge in [0.2, 0.25) is 10.0 Å². The van der Waals surface area contributed by atoms with Gasteiger partial charge in [-0.1, -0.05) is 37.1 Å². The lowest BCUT2D eigenvalue weighted by molar-refractivity contribution is -0.136. The van der Waals surface area contributed by atoms with Gasteiger partial charge in [0, 0.05) is 6.54 Å². The number of aliphatic carboxylic acids is 1. The van der Waals surface area contributed by atoms with Gasteiger partial charge in [-0.25, -0.2) is 13.1 Å². The zero-order chi connectivity index (χ0) is 20.9. The summed E-state index contributed by atoms with van der Waals surface area (Å²) in [5, 5.41) is 8.90. The fraction of sp³-hybridized carbons (Fsp3) is 0.409. The topological polar surface area (TPSA) is 92.7 Å². The summed E-state index contributed by atoms with van der Waals surface area (Å²) in [5.41, 5.74) is 1.75. The minimum absolute atomic E-state index is 0.00703. The summed E-state index contributed by atoms with van der Waals surface area (Å²) >= 11 is 0. The van der Waals surface area contributed by atoms with Crippen molar-refractivity contribution < 1.29 is 23.1 Å². The van der Waals surface area contributed by atoms with E-state index in [2.05, 4.69) is 4.72 Å². The van der Waals surface area contributed by atoms with E-state index in [1.54, 1.807) is 31.4 Å². The van der Waals surface area contributed by atoms with Gasteiger partial charge < -0.3 is 9.84 Å². The Hall–Kier alpha value is -2.38. The van der Waals surface area contributed by atoms with E-state index >= 15 is 0 Å². The van der Waals surface area contributed by atoms with Crippen LogP contribution in [0.5, 0.6) is 5.75 Å². The highest BCUT2D eigenvalue weighted by atomic mass is 32.2. The molecule has 2 aromatic rings. The second-order valence-electron chi connectivity index (χ2n) is 7.77. The summed E-state index contributed by atoms with van der Waals surface area (Å²) in [6.45, 7) is 0.387. The number of ether oxygens (including phenoxy) is 1. The Morgan fingerprint density at radius 2 is 1.62 bits per heavy atom. The largest absolute Gasteiger partial charge is 0.497 e. The van der Waals surface area contributed by atoms with E-state index in [1.807, 2.05) is 24.3 Å². The second-order valence-corrected chi connectivity index (χ2v) is 9.54. The van der Waals surface area contributed by atoms with Crippen LogP contribution in [0.4, 0.5) is 0 Å². The average Bonchev–Trinajstić information content (AvgIpc) is 3.16. The van der Waals surface area contributed by atoms with Gasteiger partial charge in [-0.2, -0.15) is 0 Å². The van der Waals surface area contributed by atoms with Gasteiger partial charge in [0.05, 0.1) is 18.4 Å². The van der Waals surface area contributed by atoms with E-state index < -0.39 is 16.0 Å². The Morgan fingerprint density at radius 3 is 2.17 bits per heavy atom. The van der Waals surface area contributed by atoms with Gasteiger partial charge in [-0.3, -0.25) is 4.79 Å². The van der Waals surface area contributed by atoms with Crippen LogP contribution in [-0.4, -0.2) is 33.1 Å². The third-order valence-corrected chi connectivity index (χ3v) is 7.05. The number of sulfonamides is 1. The van der Waals surface area contributed by atoms with Crippen molar-refractivity contribution in [2.24, 2.45) is 5.41 Å². The van der Waals surface area contributed by atoms with Gasteiger partial charge in [0.15, 0.2) is 0 Å². The molecular formula is C22H27NO5S. The predicted molar refractivity (Wildman–Crippen MR) is 111 cm³/mol. The fourth-order valence-corrected chi connectivity index (χ4v) is 5.17. The van der Waals surface area contributed by atoms with Crippen molar-refractivity contribution in [3.63, 3.8) is 0 Å². The lowest BCUT2D eigenvalue weighted by Gasteiger charge is -2.29. The quantitative estimate of drug-likeness (QED) is 0.652. The van der Waals surface area contributed by atoms with Crippen LogP contribution in [0.25, 0.3) is 0 Å². The van der Waals surface area contributed by atoms with Crippen molar-refractivity contribution in [1.82, 2.24) is 4.72 Å². The number of carbonyl (C=O) groups is 1. The zero-order valence-electron chi connectivity index (χ0n) is 16.6. The predicted octanol–water partition coefficient (Wildman–Crippen LogP) is 3.40. The second kappa shape index (κ2) is 8.97. The summed E-state index contributed by atoms with van der Waals surface area (Å²) in [5.74, 6) is -0.236. The van der Waals surface area contributed by atoms with Crippen molar-refractivity contribution in [1.29, 1.82) is 0 Å². The summed E-state index contributed by atoms with van der Waals surface area (Å²) in [4.78, 5) is 11.1. The van der Waals surface area contributed by atoms with Crippen LogP contribution in [0, 0.1) is 5.41 Å². The molecule has 0 amide bonds. The summed E-state index contributed by atoms with van der Waals surface area (Å²) in [6, 6.07) is 14.0. The number of carboxylic acid groups (broad SMARTS) is 1. The van der Waals surface area contributed by atoms with Gasteiger partial charge >= 0.3 is 5.97 Å². The standard InChI is InChI=1S/C22H27NO5S/c1-28-19-8-10-20(11-9-19)29(26,27)23-16-22(12-2-3-13-22)15-18-6-4-17(5-7-18)14-21(24)25/h4-11,23H,2-3,12-16H2,1H3,(H,24,25). The summed E-state index contributed by atoms with van der Waals surface area (Å²) < 4.78 is 33.3.